The Morgan fingerprint density at radius 3 is 2.33 bits per heavy atom. The number of amides is 3. The number of aliphatic hydroxyl groups is 1. The zero-order chi connectivity index (χ0) is 22.7. The molecule has 0 aliphatic carbocycles. The number of rotatable bonds is 13. The third-order valence-electron chi connectivity index (χ3n) is 4.72. The van der Waals surface area contributed by atoms with E-state index in [2.05, 4.69) is 5.32 Å². The van der Waals surface area contributed by atoms with Crippen LogP contribution < -0.4 is 5.32 Å². The van der Waals surface area contributed by atoms with E-state index in [1.54, 1.807) is 0 Å². The van der Waals surface area contributed by atoms with Crippen molar-refractivity contribution in [1.82, 2.24) is 10.2 Å². The van der Waals surface area contributed by atoms with E-state index in [0.717, 1.165) is 4.90 Å². The van der Waals surface area contributed by atoms with Gasteiger partial charge in [-0.3, -0.25) is 24.1 Å². The van der Waals surface area contributed by atoms with Crippen molar-refractivity contribution in [2.75, 3.05) is 26.3 Å². The smallest absolute Gasteiger partial charge is 0.305 e. The summed E-state index contributed by atoms with van der Waals surface area (Å²) in [4.78, 5) is 47.6. The fourth-order valence-electron chi connectivity index (χ4n) is 2.71. The molecule has 30 heavy (non-hydrogen) atoms. The molecule has 3 amide bonds. The van der Waals surface area contributed by atoms with Crippen LogP contribution in [0.4, 0.5) is 0 Å². The number of nitrogens with one attached hydrogen (secondary N) is 1. The molecule has 0 aromatic heterocycles. The van der Waals surface area contributed by atoms with Gasteiger partial charge in [-0.2, -0.15) is 0 Å². The Balaban J connectivity index is 2.20. The molecule has 2 N–H and O–H groups in total. The molecular formula is C21H34N2O7. The van der Waals surface area contributed by atoms with Crippen molar-refractivity contribution < 1.29 is 33.8 Å². The molecule has 1 aliphatic rings. The number of ether oxygens (including phenoxy) is 2. The van der Waals surface area contributed by atoms with E-state index in [1.165, 1.54) is 12.2 Å². The molecule has 1 aliphatic heterocycles. The summed E-state index contributed by atoms with van der Waals surface area (Å²) in [6, 6.07) is 0. The quantitative estimate of drug-likeness (QED) is 0.332. The number of aliphatic hydroxyl groups excluding tert-OH is 1. The molecular weight excluding hydrogens is 392 g/mol. The number of hydrogen-bond acceptors (Lipinski definition) is 7. The average Bonchev–Trinajstić information content (AvgIpc) is 2.99. The summed E-state index contributed by atoms with van der Waals surface area (Å²) in [7, 11) is 0. The van der Waals surface area contributed by atoms with E-state index < -0.39 is 5.97 Å². The van der Waals surface area contributed by atoms with Crippen LogP contribution >= 0.6 is 0 Å². The van der Waals surface area contributed by atoms with Crippen LogP contribution in [0.5, 0.6) is 0 Å². The van der Waals surface area contributed by atoms with Crippen LogP contribution in [0, 0.1) is 5.41 Å². The maximum atomic E-state index is 11.9. The summed E-state index contributed by atoms with van der Waals surface area (Å²) in [5, 5.41) is 12.1. The van der Waals surface area contributed by atoms with Gasteiger partial charge in [0.15, 0.2) is 0 Å². The van der Waals surface area contributed by atoms with Gasteiger partial charge < -0.3 is 19.9 Å². The SMILES string of the molecule is CCC(COC(=O)CCCC(=O)NCCN1C(=O)C=CC1=O)OC(CO)C(C)(C)C. The standard InChI is InChI=1S/C21H34N2O7/c1-5-15(30-16(13-24)21(2,3)4)14-29-20(28)8-6-7-17(25)22-11-12-23-18(26)9-10-19(23)27/h9-10,15-16,24H,5-8,11-14H2,1-4H3,(H,22,25). The van der Waals surface area contributed by atoms with Gasteiger partial charge >= 0.3 is 5.97 Å². The Labute approximate surface area is 177 Å². The highest BCUT2D eigenvalue weighted by Gasteiger charge is 2.27. The van der Waals surface area contributed by atoms with E-state index in [0.29, 0.717) is 12.8 Å². The average molecular weight is 427 g/mol. The van der Waals surface area contributed by atoms with E-state index in [1.807, 2.05) is 27.7 Å². The Morgan fingerprint density at radius 1 is 1.17 bits per heavy atom. The van der Waals surface area contributed by atoms with Crippen LogP contribution in [-0.2, 0) is 28.7 Å². The van der Waals surface area contributed by atoms with E-state index in [9.17, 15) is 24.3 Å². The molecule has 0 radical (unpaired) electrons. The van der Waals surface area contributed by atoms with Crippen LogP contribution in [0.2, 0.25) is 0 Å². The maximum absolute atomic E-state index is 11.9. The zero-order valence-corrected chi connectivity index (χ0v) is 18.3. The minimum absolute atomic E-state index is 0.0968. The minimum Gasteiger partial charge on any atom is -0.463 e. The first-order valence-corrected chi connectivity index (χ1v) is 10.3. The summed E-state index contributed by atoms with van der Waals surface area (Å²) in [6.07, 6.45) is 2.92. The molecule has 9 nitrogen and oxygen atoms in total. The van der Waals surface area contributed by atoms with Gasteiger partial charge in [0.05, 0.1) is 18.8 Å². The third kappa shape index (κ3) is 9.04. The summed E-state index contributed by atoms with van der Waals surface area (Å²) in [6.45, 7) is 8.08. The molecule has 9 heteroatoms. The van der Waals surface area contributed by atoms with Gasteiger partial charge in [-0.05, 0) is 18.3 Å². The van der Waals surface area contributed by atoms with Gasteiger partial charge in [-0.1, -0.05) is 27.7 Å². The zero-order valence-electron chi connectivity index (χ0n) is 18.3. The normalized spacial score (nSPS) is 16.0. The van der Waals surface area contributed by atoms with Crippen molar-refractivity contribution in [3.63, 3.8) is 0 Å². The molecule has 1 rings (SSSR count). The number of imide groups is 1. The van der Waals surface area contributed by atoms with Gasteiger partial charge in [-0.25, -0.2) is 0 Å². The Hall–Kier alpha value is -2.26. The van der Waals surface area contributed by atoms with Gasteiger partial charge in [-0.15, -0.1) is 0 Å². The van der Waals surface area contributed by atoms with Crippen molar-refractivity contribution in [2.45, 2.75) is 65.6 Å². The molecule has 2 atom stereocenters. The van der Waals surface area contributed by atoms with E-state index in [4.69, 9.17) is 9.47 Å². The number of carbonyl (C=O) groups excluding carboxylic acids is 4. The fraction of sp³-hybridized carbons (Fsp3) is 0.714. The molecule has 1 heterocycles. The molecule has 0 saturated carbocycles. The highest BCUT2D eigenvalue weighted by molar-refractivity contribution is 6.12. The molecule has 0 aromatic rings. The highest BCUT2D eigenvalue weighted by atomic mass is 16.6. The van der Waals surface area contributed by atoms with Gasteiger partial charge in [0.1, 0.15) is 6.61 Å². The summed E-state index contributed by atoms with van der Waals surface area (Å²) < 4.78 is 11.1. The largest absolute Gasteiger partial charge is 0.463 e. The van der Waals surface area contributed by atoms with Crippen LogP contribution in [0.15, 0.2) is 12.2 Å². The highest BCUT2D eigenvalue weighted by Crippen LogP contribution is 2.23. The van der Waals surface area contributed by atoms with E-state index >= 15 is 0 Å². The number of esters is 1. The second kappa shape index (κ2) is 12.4. The second-order valence-electron chi connectivity index (χ2n) is 8.25. The number of carbonyl (C=O) groups is 4. The second-order valence-corrected chi connectivity index (χ2v) is 8.25. The Bertz CT molecular complexity index is 622. The lowest BCUT2D eigenvalue weighted by Crippen LogP contribution is -2.38. The Morgan fingerprint density at radius 2 is 1.80 bits per heavy atom. The molecule has 0 fully saturated rings. The van der Waals surface area contributed by atoms with Crippen molar-refractivity contribution in [3.8, 4) is 0 Å². The first kappa shape index (κ1) is 25.8. The lowest BCUT2D eigenvalue weighted by Gasteiger charge is -2.32. The lowest BCUT2D eigenvalue weighted by molar-refractivity contribution is -0.154. The summed E-state index contributed by atoms with van der Waals surface area (Å²) >= 11 is 0. The van der Waals surface area contributed by atoms with Crippen molar-refractivity contribution in [3.05, 3.63) is 12.2 Å². The van der Waals surface area contributed by atoms with E-state index in [-0.39, 0.29) is 74.5 Å². The maximum Gasteiger partial charge on any atom is 0.305 e. The first-order valence-electron chi connectivity index (χ1n) is 10.3. The van der Waals surface area contributed by atoms with Gasteiger partial charge in [0.25, 0.3) is 11.8 Å². The monoisotopic (exact) mass is 426 g/mol. The predicted octanol–water partition coefficient (Wildman–Crippen LogP) is 0.943. The molecule has 0 bridgehead atoms. The van der Waals surface area contributed by atoms with Crippen LogP contribution in [0.25, 0.3) is 0 Å². The van der Waals surface area contributed by atoms with Gasteiger partial charge in [0, 0.05) is 38.1 Å². The van der Waals surface area contributed by atoms with Crippen molar-refractivity contribution in [1.29, 1.82) is 0 Å². The van der Waals surface area contributed by atoms with Crippen molar-refractivity contribution in [2.24, 2.45) is 5.41 Å². The molecule has 2 unspecified atom stereocenters. The third-order valence-corrected chi connectivity index (χ3v) is 4.72. The summed E-state index contributed by atoms with van der Waals surface area (Å²) in [5.41, 5.74) is -0.231. The summed E-state index contributed by atoms with van der Waals surface area (Å²) in [5.74, 6) is -1.46. The molecule has 0 spiro atoms. The molecule has 0 saturated heterocycles. The minimum atomic E-state index is -0.416. The van der Waals surface area contributed by atoms with Crippen LogP contribution in [0.1, 0.15) is 53.4 Å². The van der Waals surface area contributed by atoms with Gasteiger partial charge in [0.2, 0.25) is 5.91 Å². The molecule has 170 valence electrons. The molecule has 0 aromatic carbocycles. The number of hydrogen-bond donors (Lipinski definition) is 2. The first-order chi connectivity index (χ1) is 14.1. The van der Waals surface area contributed by atoms with Crippen LogP contribution in [-0.4, -0.2) is 72.2 Å². The topological polar surface area (TPSA) is 122 Å². The fourth-order valence-corrected chi connectivity index (χ4v) is 2.71. The van der Waals surface area contributed by atoms with Crippen LogP contribution in [0.3, 0.4) is 0 Å². The lowest BCUT2D eigenvalue weighted by atomic mass is 9.89. The van der Waals surface area contributed by atoms with Crippen molar-refractivity contribution >= 4 is 23.7 Å². The Kier molecular flexibility index (Phi) is 10.7. The predicted molar refractivity (Wildman–Crippen MR) is 109 cm³/mol. The number of nitrogens with zero attached hydrogens (tertiary/aromatic N) is 1.